The molecule has 8 heteroatoms. The highest BCUT2D eigenvalue weighted by atomic mass is 16.4. The first-order valence-electron chi connectivity index (χ1n) is 25.2. The van der Waals surface area contributed by atoms with Gasteiger partial charge >= 0.3 is 11.9 Å². The zero-order chi connectivity index (χ0) is 45.8. The average Bonchev–Trinajstić information content (AvgIpc) is 3.58. The fourth-order valence-corrected chi connectivity index (χ4v) is 19.7. The Hall–Kier alpha value is -2.38. The normalized spacial score (nSPS) is 47.5. The van der Waals surface area contributed by atoms with Crippen molar-refractivity contribution in [1.82, 2.24) is 10.2 Å². The number of hydrogen-bond donors (Lipinski definition) is 3. The van der Waals surface area contributed by atoms with Crippen LogP contribution in [0.1, 0.15) is 186 Å². The third-order valence-corrected chi connectivity index (χ3v) is 23.4. The highest BCUT2D eigenvalue weighted by Crippen LogP contribution is 2.83. The van der Waals surface area contributed by atoms with Gasteiger partial charge in [-0.2, -0.15) is 0 Å². The number of likely N-dealkylation sites (tertiary alicyclic amines) is 1. The molecule has 1 aliphatic heterocycles. The van der Waals surface area contributed by atoms with Crippen molar-refractivity contribution >= 4 is 23.8 Å². The van der Waals surface area contributed by atoms with Gasteiger partial charge in [0, 0.05) is 25.0 Å². The van der Waals surface area contributed by atoms with Gasteiger partial charge in [0.1, 0.15) is 0 Å². The van der Waals surface area contributed by atoms with Crippen LogP contribution in [0.25, 0.3) is 0 Å². The summed E-state index contributed by atoms with van der Waals surface area (Å²) in [4.78, 5) is 58.0. The van der Waals surface area contributed by atoms with E-state index < -0.39 is 39.0 Å². The Kier molecular flexibility index (Phi) is 10.5. The van der Waals surface area contributed by atoms with Crippen molar-refractivity contribution in [3.05, 3.63) is 12.2 Å². The summed E-state index contributed by atoms with van der Waals surface area (Å²) in [5, 5.41) is 25.9. The van der Waals surface area contributed by atoms with Crippen LogP contribution in [0.3, 0.4) is 0 Å². The quantitative estimate of drug-likeness (QED) is 0.219. The van der Waals surface area contributed by atoms with Crippen molar-refractivity contribution < 1.29 is 29.4 Å². The molecule has 0 radical (unpaired) electrons. The number of nitrogens with one attached hydrogen (secondary N) is 1. The molecule has 14 atom stereocenters. The maximum atomic E-state index is 15.1. The molecule has 8 rings (SSSR count). The van der Waals surface area contributed by atoms with Crippen molar-refractivity contribution in [3.8, 4) is 0 Å². The maximum Gasteiger partial charge on any atom is 0.310 e. The molecular weight excluding hydrogens is 773 g/mol. The SMILES string of the molecule is C=C(C)[C@@H]1CC[C@]2(C(=O)N[C@H]3C[C@@H](C(=O)N4CCCCC4)C3(C)C)CC[C@]3(C)[C@H](CC[C@@H]4[C@]5(C)CC[C@H]([C@]6(C(=O)O)C[C@@](C(=O)O)(C(C)(C)C)C6(C)C)C(C)(C)[C@H]5CC[C@]43C)[C@@H]12. The first-order valence-corrected chi connectivity index (χ1v) is 25.2. The van der Waals surface area contributed by atoms with Crippen molar-refractivity contribution in [3.63, 3.8) is 0 Å². The molecule has 348 valence electrons. The topological polar surface area (TPSA) is 124 Å². The summed E-state index contributed by atoms with van der Waals surface area (Å²) >= 11 is 0. The number of fused-ring (bicyclic) bond motifs is 7. The van der Waals surface area contributed by atoms with Gasteiger partial charge in [-0.25, -0.2) is 0 Å². The zero-order valence-electron chi connectivity index (χ0n) is 41.3. The number of carboxylic acid groups (broad SMARTS) is 2. The molecule has 8 nitrogen and oxygen atoms in total. The largest absolute Gasteiger partial charge is 0.481 e. The van der Waals surface area contributed by atoms with Gasteiger partial charge < -0.3 is 20.4 Å². The van der Waals surface area contributed by atoms with E-state index in [1.807, 2.05) is 34.6 Å². The van der Waals surface area contributed by atoms with E-state index in [4.69, 9.17) is 0 Å². The molecule has 0 bridgehead atoms. The third kappa shape index (κ3) is 5.48. The molecule has 7 aliphatic carbocycles. The Balaban J connectivity index is 1.06. The smallest absolute Gasteiger partial charge is 0.310 e. The number of hydrogen-bond acceptors (Lipinski definition) is 4. The van der Waals surface area contributed by atoms with Crippen LogP contribution in [0.4, 0.5) is 0 Å². The molecule has 2 amide bonds. The van der Waals surface area contributed by atoms with Crippen molar-refractivity contribution in [2.75, 3.05) is 13.1 Å². The lowest BCUT2D eigenvalue weighted by atomic mass is 9.25. The van der Waals surface area contributed by atoms with Crippen molar-refractivity contribution in [2.24, 2.45) is 95.6 Å². The van der Waals surface area contributed by atoms with Gasteiger partial charge in [-0.05, 0) is 177 Å². The highest BCUT2D eigenvalue weighted by molar-refractivity contribution is 5.88. The summed E-state index contributed by atoms with van der Waals surface area (Å²) < 4.78 is 0. The van der Waals surface area contributed by atoms with E-state index in [0.717, 1.165) is 96.6 Å². The lowest BCUT2D eigenvalue weighted by Crippen LogP contribution is -2.77. The molecule has 0 aromatic carbocycles. The molecule has 1 heterocycles. The Morgan fingerprint density at radius 2 is 1.32 bits per heavy atom. The standard InChI is InChI=1S/C54H86N2O6/c1-32(2)33-20-25-52(42(58)55-39-30-35(46(39,6)7)41(57)56-28-16-15-17-29-56)27-26-50(13)34(40(33)52)18-19-38-49(12)23-21-37(47(8,9)36(49)22-24-51(38,50)14)53(43(59)60)31-54(44(61)62,45(3,4)5)48(53,10)11/h33-40H,1,15-31H2,2-14H3,(H,55,58)(H,59,60)(H,61,62)/t33-,34+,35-,36+,37-,38+,39-,40+,49+,50+,51+,52-,53-,54+/m0/s1. The molecule has 8 fully saturated rings. The maximum absolute atomic E-state index is 15.1. The molecule has 0 spiro atoms. The molecule has 62 heavy (non-hydrogen) atoms. The van der Waals surface area contributed by atoms with E-state index in [9.17, 15) is 24.6 Å². The van der Waals surface area contributed by atoms with Crippen LogP contribution in [0.2, 0.25) is 0 Å². The third-order valence-electron chi connectivity index (χ3n) is 23.4. The van der Waals surface area contributed by atoms with Crippen LogP contribution in [-0.4, -0.2) is 58.0 Å². The van der Waals surface area contributed by atoms with Crippen LogP contribution >= 0.6 is 0 Å². The van der Waals surface area contributed by atoms with Gasteiger partial charge in [-0.3, -0.25) is 19.2 Å². The molecule has 8 aliphatic rings. The first-order chi connectivity index (χ1) is 28.5. The Labute approximate surface area is 375 Å². The second kappa shape index (κ2) is 14.1. The van der Waals surface area contributed by atoms with E-state index in [1.54, 1.807) is 0 Å². The number of allylic oxidation sites excluding steroid dienone is 1. The number of carboxylic acids is 2. The summed E-state index contributed by atoms with van der Waals surface area (Å²) in [6, 6.07) is 0.00250. The van der Waals surface area contributed by atoms with Crippen LogP contribution in [-0.2, 0) is 19.2 Å². The van der Waals surface area contributed by atoms with E-state index in [0.29, 0.717) is 23.7 Å². The Bertz CT molecular complexity index is 1900. The van der Waals surface area contributed by atoms with E-state index in [2.05, 4.69) is 72.2 Å². The second-order valence-corrected chi connectivity index (χ2v) is 26.8. The van der Waals surface area contributed by atoms with Crippen molar-refractivity contribution in [2.45, 2.75) is 192 Å². The van der Waals surface area contributed by atoms with Crippen molar-refractivity contribution in [1.29, 1.82) is 0 Å². The predicted molar refractivity (Wildman–Crippen MR) is 245 cm³/mol. The summed E-state index contributed by atoms with van der Waals surface area (Å²) in [7, 11) is 0. The fourth-order valence-electron chi connectivity index (χ4n) is 19.7. The molecule has 0 aromatic rings. The van der Waals surface area contributed by atoms with Gasteiger partial charge in [-0.1, -0.05) is 95.2 Å². The molecule has 3 N–H and O–H groups in total. The van der Waals surface area contributed by atoms with Crippen LogP contribution in [0.5, 0.6) is 0 Å². The second-order valence-electron chi connectivity index (χ2n) is 26.8. The number of piperidine rings is 1. The number of carbonyl (C=O) groups excluding carboxylic acids is 2. The van der Waals surface area contributed by atoms with E-state index in [-0.39, 0.29) is 69.1 Å². The number of rotatable bonds is 7. The number of amides is 2. The number of nitrogens with zero attached hydrogens (tertiary/aromatic N) is 1. The minimum atomic E-state index is -1.13. The van der Waals surface area contributed by atoms with Gasteiger partial charge in [0.25, 0.3) is 0 Å². The molecular formula is C54H86N2O6. The van der Waals surface area contributed by atoms with Crippen LogP contribution < -0.4 is 5.32 Å². The lowest BCUT2D eigenvalue weighted by molar-refractivity contribution is -0.301. The summed E-state index contributed by atoms with van der Waals surface area (Å²) in [6.07, 6.45) is 14.3. The van der Waals surface area contributed by atoms with Gasteiger partial charge in [-0.15, -0.1) is 0 Å². The zero-order valence-corrected chi connectivity index (χ0v) is 41.3. The molecule has 0 unspecified atom stereocenters. The molecule has 1 saturated heterocycles. The Morgan fingerprint density at radius 1 is 0.694 bits per heavy atom. The summed E-state index contributed by atoms with van der Waals surface area (Å²) in [5.74, 6) is 0.455. The van der Waals surface area contributed by atoms with E-state index in [1.165, 1.54) is 12.0 Å². The van der Waals surface area contributed by atoms with Gasteiger partial charge in [0.05, 0.1) is 16.2 Å². The monoisotopic (exact) mass is 859 g/mol. The average molecular weight is 859 g/mol. The van der Waals surface area contributed by atoms with E-state index >= 15 is 4.79 Å². The Morgan fingerprint density at radius 3 is 1.87 bits per heavy atom. The van der Waals surface area contributed by atoms with Gasteiger partial charge in [0.2, 0.25) is 11.8 Å². The highest BCUT2D eigenvalue weighted by Gasteiger charge is 2.83. The minimum absolute atomic E-state index is 0.00250. The van der Waals surface area contributed by atoms with Crippen LogP contribution in [0.15, 0.2) is 12.2 Å². The summed E-state index contributed by atoms with van der Waals surface area (Å²) in [5.41, 5.74) is -3.44. The first kappa shape index (κ1) is 46.2. The summed E-state index contributed by atoms with van der Waals surface area (Å²) in [6.45, 7) is 35.3. The predicted octanol–water partition coefficient (Wildman–Crippen LogP) is 11.4. The number of carbonyl (C=O) groups is 4. The number of aliphatic carboxylic acids is 2. The van der Waals surface area contributed by atoms with Gasteiger partial charge in [0.15, 0.2) is 0 Å². The minimum Gasteiger partial charge on any atom is -0.481 e. The fraction of sp³-hybridized carbons (Fsp3) is 0.889. The van der Waals surface area contributed by atoms with Crippen LogP contribution in [0, 0.1) is 95.6 Å². The molecule has 7 saturated carbocycles. The molecule has 0 aromatic heterocycles. The lowest BCUT2D eigenvalue weighted by Gasteiger charge is -2.77.